The number of benzene rings is 1. The van der Waals surface area contributed by atoms with Gasteiger partial charge in [0.15, 0.2) is 11.5 Å². The van der Waals surface area contributed by atoms with Gasteiger partial charge < -0.3 is 30.4 Å². The summed E-state index contributed by atoms with van der Waals surface area (Å²) in [5.74, 6) is 1.64. The third-order valence-corrected chi connectivity index (χ3v) is 3.44. The highest BCUT2D eigenvalue weighted by atomic mass is 16.5. The number of hydrogen-bond acceptors (Lipinski definition) is 6. The van der Waals surface area contributed by atoms with Crippen LogP contribution in [-0.4, -0.2) is 44.6 Å². The summed E-state index contributed by atoms with van der Waals surface area (Å²) in [6, 6.07) is 3.19. The van der Waals surface area contributed by atoms with Gasteiger partial charge in [-0.15, -0.1) is 0 Å². The van der Waals surface area contributed by atoms with Crippen molar-refractivity contribution in [3.8, 4) is 17.2 Å². The molecule has 0 saturated carbocycles. The molecule has 0 aliphatic rings. The zero-order chi connectivity index (χ0) is 17.2. The van der Waals surface area contributed by atoms with E-state index in [0.717, 1.165) is 6.54 Å². The number of rotatable bonds is 11. The van der Waals surface area contributed by atoms with Crippen molar-refractivity contribution < 1.29 is 19.3 Å². The molecule has 0 heterocycles. The molecule has 0 bridgehead atoms. The number of hydrogen-bond donors (Lipinski definition) is 3. The van der Waals surface area contributed by atoms with Crippen LogP contribution in [0.1, 0.15) is 38.9 Å². The van der Waals surface area contributed by atoms with Crippen LogP contribution in [0.15, 0.2) is 12.1 Å². The topological polar surface area (TPSA) is 86.0 Å². The summed E-state index contributed by atoms with van der Waals surface area (Å²) in [4.78, 5) is 0. The van der Waals surface area contributed by atoms with Crippen LogP contribution in [0.2, 0.25) is 0 Å². The molecule has 6 heteroatoms. The molecule has 1 aromatic rings. The van der Waals surface area contributed by atoms with Crippen LogP contribution in [-0.2, 0) is 0 Å². The van der Waals surface area contributed by atoms with Crippen molar-refractivity contribution in [2.24, 2.45) is 5.73 Å². The van der Waals surface area contributed by atoms with E-state index in [4.69, 9.17) is 19.9 Å². The highest BCUT2D eigenvalue weighted by Crippen LogP contribution is 2.43. The minimum Gasteiger partial charge on any atom is -0.490 e. The number of nitrogens with one attached hydrogen (secondary N) is 1. The van der Waals surface area contributed by atoms with Crippen LogP contribution in [0.25, 0.3) is 0 Å². The van der Waals surface area contributed by atoms with Crippen LogP contribution in [0.4, 0.5) is 0 Å². The Labute approximate surface area is 138 Å². The van der Waals surface area contributed by atoms with E-state index < -0.39 is 12.1 Å². The Morgan fingerprint density at radius 3 is 2.22 bits per heavy atom. The Bertz CT molecular complexity index is 468. The molecule has 6 nitrogen and oxygen atoms in total. The van der Waals surface area contributed by atoms with E-state index in [0.29, 0.717) is 49.1 Å². The van der Waals surface area contributed by atoms with Crippen molar-refractivity contribution in [2.45, 2.75) is 39.3 Å². The average molecular weight is 326 g/mol. The summed E-state index contributed by atoms with van der Waals surface area (Å²) in [5, 5.41) is 13.6. The second-order valence-corrected chi connectivity index (χ2v) is 5.11. The Hall–Kier alpha value is -1.50. The van der Waals surface area contributed by atoms with Gasteiger partial charge in [0.2, 0.25) is 5.75 Å². The molecular weight excluding hydrogens is 296 g/mol. The van der Waals surface area contributed by atoms with Crippen molar-refractivity contribution in [1.29, 1.82) is 0 Å². The van der Waals surface area contributed by atoms with E-state index in [2.05, 4.69) is 5.32 Å². The Morgan fingerprint density at radius 1 is 1.04 bits per heavy atom. The Morgan fingerprint density at radius 2 is 1.65 bits per heavy atom. The quantitative estimate of drug-likeness (QED) is 0.575. The summed E-state index contributed by atoms with van der Waals surface area (Å²) in [6.07, 6.45) is -0.180. The summed E-state index contributed by atoms with van der Waals surface area (Å²) in [5.41, 5.74) is 6.73. The van der Waals surface area contributed by atoms with Gasteiger partial charge in [-0.25, -0.2) is 0 Å². The molecule has 23 heavy (non-hydrogen) atoms. The minimum atomic E-state index is -0.834. The molecule has 1 rings (SSSR count). The molecule has 0 aliphatic carbocycles. The van der Waals surface area contributed by atoms with Crippen LogP contribution < -0.4 is 25.3 Å². The number of ether oxygens (including phenoxy) is 3. The molecule has 0 spiro atoms. The average Bonchev–Trinajstić information content (AvgIpc) is 2.55. The standard InChI is InChI=1S/C17H30N2O4/c1-5-21-14-9-8-12(15(20)13(18)10-11-19-4)16(22-6-2)17(14)23-7-3/h8-9,13,15,19-20H,5-7,10-11,18H2,1-4H3. The molecule has 132 valence electrons. The maximum absolute atomic E-state index is 10.6. The van der Waals surface area contributed by atoms with E-state index in [1.165, 1.54) is 0 Å². The van der Waals surface area contributed by atoms with Gasteiger partial charge in [-0.1, -0.05) is 0 Å². The van der Waals surface area contributed by atoms with Gasteiger partial charge in [0.05, 0.1) is 25.9 Å². The van der Waals surface area contributed by atoms with Gasteiger partial charge >= 0.3 is 0 Å². The lowest BCUT2D eigenvalue weighted by Gasteiger charge is -2.24. The molecule has 0 radical (unpaired) electrons. The van der Waals surface area contributed by atoms with Crippen molar-refractivity contribution in [3.63, 3.8) is 0 Å². The molecule has 0 aliphatic heterocycles. The van der Waals surface area contributed by atoms with E-state index in [-0.39, 0.29) is 0 Å². The highest BCUT2D eigenvalue weighted by Gasteiger charge is 2.25. The van der Waals surface area contributed by atoms with Crippen molar-refractivity contribution in [2.75, 3.05) is 33.4 Å². The van der Waals surface area contributed by atoms with Crippen LogP contribution in [0.3, 0.4) is 0 Å². The predicted molar refractivity (Wildman–Crippen MR) is 91.4 cm³/mol. The molecular formula is C17H30N2O4. The maximum Gasteiger partial charge on any atom is 0.203 e. The largest absolute Gasteiger partial charge is 0.490 e. The first-order valence-electron chi connectivity index (χ1n) is 8.24. The SMILES string of the molecule is CCOc1ccc(C(O)C(N)CCNC)c(OCC)c1OCC. The molecule has 0 saturated heterocycles. The molecule has 0 amide bonds. The minimum absolute atomic E-state index is 0.394. The van der Waals surface area contributed by atoms with Crippen molar-refractivity contribution in [1.82, 2.24) is 5.32 Å². The van der Waals surface area contributed by atoms with E-state index in [1.54, 1.807) is 12.1 Å². The smallest absolute Gasteiger partial charge is 0.203 e. The van der Waals surface area contributed by atoms with Gasteiger partial charge in [-0.05, 0) is 52.9 Å². The third kappa shape index (κ3) is 5.27. The van der Waals surface area contributed by atoms with Gasteiger partial charge in [-0.3, -0.25) is 0 Å². The molecule has 1 aromatic carbocycles. The summed E-state index contributed by atoms with van der Waals surface area (Å²) >= 11 is 0. The zero-order valence-corrected chi connectivity index (χ0v) is 14.6. The van der Waals surface area contributed by atoms with E-state index >= 15 is 0 Å². The lowest BCUT2D eigenvalue weighted by molar-refractivity contribution is 0.136. The first-order chi connectivity index (χ1) is 11.1. The van der Waals surface area contributed by atoms with Crippen molar-refractivity contribution in [3.05, 3.63) is 17.7 Å². The monoisotopic (exact) mass is 326 g/mol. The van der Waals surface area contributed by atoms with Crippen LogP contribution in [0, 0.1) is 0 Å². The predicted octanol–water partition coefficient (Wildman–Crippen LogP) is 1.85. The fraction of sp³-hybridized carbons (Fsp3) is 0.647. The van der Waals surface area contributed by atoms with Gasteiger partial charge in [0, 0.05) is 11.6 Å². The number of aliphatic hydroxyl groups excluding tert-OH is 1. The first-order valence-corrected chi connectivity index (χ1v) is 8.24. The Kier molecular flexibility index (Phi) is 8.76. The molecule has 2 unspecified atom stereocenters. The second-order valence-electron chi connectivity index (χ2n) is 5.11. The normalized spacial score (nSPS) is 13.5. The van der Waals surface area contributed by atoms with E-state index in [1.807, 2.05) is 27.8 Å². The van der Waals surface area contributed by atoms with Gasteiger partial charge in [0.25, 0.3) is 0 Å². The fourth-order valence-corrected chi connectivity index (χ4v) is 2.34. The molecule has 0 fully saturated rings. The van der Waals surface area contributed by atoms with Gasteiger partial charge in [-0.2, -0.15) is 0 Å². The molecule has 0 aromatic heterocycles. The summed E-state index contributed by atoms with van der Waals surface area (Å²) < 4.78 is 17.1. The maximum atomic E-state index is 10.6. The van der Waals surface area contributed by atoms with Crippen LogP contribution in [0.5, 0.6) is 17.2 Å². The Balaban J connectivity index is 3.21. The second kappa shape index (κ2) is 10.3. The lowest BCUT2D eigenvalue weighted by atomic mass is 9.98. The molecule has 4 N–H and O–H groups in total. The summed E-state index contributed by atoms with van der Waals surface area (Å²) in [6.45, 7) is 7.89. The number of nitrogens with two attached hydrogens (primary N) is 1. The molecule has 2 atom stereocenters. The fourth-order valence-electron chi connectivity index (χ4n) is 2.34. The lowest BCUT2D eigenvalue weighted by Crippen LogP contribution is -2.31. The van der Waals surface area contributed by atoms with E-state index in [9.17, 15) is 5.11 Å². The van der Waals surface area contributed by atoms with Crippen LogP contribution >= 0.6 is 0 Å². The highest BCUT2D eigenvalue weighted by molar-refractivity contribution is 5.56. The zero-order valence-electron chi connectivity index (χ0n) is 14.6. The third-order valence-electron chi connectivity index (χ3n) is 3.44. The van der Waals surface area contributed by atoms with Gasteiger partial charge in [0.1, 0.15) is 0 Å². The number of aliphatic hydroxyl groups is 1. The summed E-state index contributed by atoms with van der Waals surface area (Å²) in [7, 11) is 1.86. The first kappa shape index (κ1) is 19.5. The van der Waals surface area contributed by atoms with Crippen molar-refractivity contribution >= 4 is 0 Å².